The minimum Gasteiger partial charge on any atom is -0.313 e. The number of unbranched alkanes of at least 4 members (excludes halogenated alkanes) is 1. The van der Waals surface area contributed by atoms with Gasteiger partial charge < -0.3 is 4.57 Å². The minimum absolute atomic E-state index is 0.110. The Balaban J connectivity index is 1.94. The Morgan fingerprint density at radius 3 is 2.68 bits per heavy atom. The van der Waals surface area contributed by atoms with Crippen LogP contribution in [0.15, 0.2) is 50.9 Å². The molecule has 0 aliphatic carbocycles. The Bertz CT molecular complexity index is 1300. The summed E-state index contributed by atoms with van der Waals surface area (Å²) in [5, 5.41) is 1.95. The molecular weight excluding hydrogens is 422 g/mol. The summed E-state index contributed by atoms with van der Waals surface area (Å²) in [6, 6.07) is 9.73. The number of rotatable bonds is 5. The first-order valence-electron chi connectivity index (χ1n) is 9.21. The predicted molar refractivity (Wildman–Crippen MR) is 113 cm³/mol. The highest BCUT2D eigenvalue weighted by Crippen LogP contribution is 2.19. The second-order valence-electron chi connectivity index (χ2n) is 6.77. The van der Waals surface area contributed by atoms with Crippen LogP contribution in [-0.4, -0.2) is 23.7 Å². The number of benzene rings is 1. The molecule has 8 heteroatoms. The molecule has 0 fully saturated rings. The zero-order chi connectivity index (χ0) is 19.8. The molecule has 28 heavy (non-hydrogen) atoms. The van der Waals surface area contributed by atoms with E-state index in [0.29, 0.717) is 28.1 Å². The van der Waals surface area contributed by atoms with Gasteiger partial charge in [0.2, 0.25) is 0 Å². The van der Waals surface area contributed by atoms with E-state index in [1.807, 2.05) is 34.9 Å². The van der Waals surface area contributed by atoms with Crippen molar-refractivity contribution in [3.8, 4) is 0 Å². The number of imidazole rings is 1. The lowest BCUT2D eigenvalue weighted by Crippen LogP contribution is -2.40. The van der Waals surface area contributed by atoms with Crippen LogP contribution in [0.25, 0.3) is 21.9 Å². The Labute approximate surface area is 169 Å². The maximum Gasteiger partial charge on any atom is 0.332 e. The molecule has 0 aliphatic rings. The van der Waals surface area contributed by atoms with E-state index < -0.39 is 5.69 Å². The quantitative estimate of drug-likeness (QED) is 0.446. The van der Waals surface area contributed by atoms with Gasteiger partial charge >= 0.3 is 5.69 Å². The van der Waals surface area contributed by atoms with Crippen LogP contribution in [-0.2, 0) is 20.1 Å². The number of hydrogen-bond donors (Lipinski definition) is 0. The highest BCUT2D eigenvalue weighted by molar-refractivity contribution is 9.10. The van der Waals surface area contributed by atoms with Crippen LogP contribution < -0.4 is 11.2 Å². The summed E-state index contributed by atoms with van der Waals surface area (Å²) in [6.45, 7) is 2.86. The van der Waals surface area contributed by atoms with E-state index in [1.54, 1.807) is 13.2 Å². The molecule has 0 bridgehead atoms. The summed E-state index contributed by atoms with van der Waals surface area (Å²) >= 11 is 3.43. The summed E-state index contributed by atoms with van der Waals surface area (Å²) in [7, 11) is 1.64. The lowest BCUT2D eigenvalue weighted by Gasteiger charge is -2.11. The van der Waals surface area contributed by atoms with E-state index in [4.69, 9.17) is 0 Å². The van der Waals surface area contributed by atoms with Gasteiger partial charge in [0.05, 0.1) is 12.2 Å². The fraction of sp³-hybridized carbons (Fsp3) is 0.300. The molecule has 4 aromatic rings. The van der Waals surface area contributed by atoms with E-state index in [-0.39, 0.29) is 12.1 Å². The average molecular weight is 442 g/mol. The third kappa shape index (κ3) is 2.97. The first-order chi connectivity index (χ1) is 13.5. The van der Waals surface area contributed by atoms with Crippen molar-refractivity contribution in [3.05, 3.63) is 67.8 Å². The molecule has 4 rings (SSSR count). The van der Waals surface area contributed by atoms with Crippen molar-refractivity contribution >= 4 is 37.9 Å². The van der Waals surface area contributed by atoms with Crippen LogP contribution in [0.2, 0.25) is 0 Å². The van der Waals surface area contributed by atoms with Crippen molar-refractivity contribution in [2.75, 3.05) is 0 Å². The number of nitrogens with zero attached hydrogens (tertiary/aromatic N) is 5. The molecule has 0 spiro atoms. The lowest BCUT2D eigenvalue weighted by molar-refractivity contribution is 0.619. The Hall–Kier alpha value is -2.74. The molecular formula is C20H20BrN5O2. The number of pyridine rings is 1. The molecule has 0 N–H and O–H groups in total. The van der Waals surface area contributed by atoms with E-state index in [0.717, 1.165) is 23.6 Å². The third-order valence-electron chi connectivity index (χ3n) is 4.99. The van der Waals surface area contributed by atoms with Gasteiger partial charge in [-0.05, 0) is 33.8 Å². The second kappa shape index (κ2) is 7.35. The monoisotopic (exact) mass is 441 g/mol. The Kier molecular flexibility index (Phi) is 4.89. The molecule has 144 valence electrons. The molecule has 0 amide bonds. The molecule has 0 atom stereocenters. The first-order valence-corrected chi connectivity index (χ1v) is 10.0. The molecule has 3 heterocycles. The van der Waals surface area contributed by atoms with E-state index >= 15 is 0 Å². The minimum atomic E-state index is -0.403. The zero-order valence-corrected chi connectivity index (χ0v) is 17.3. The van der Waals surface area contributed by atoms with Crippen LogP contribution in [0.4, 0.5) is 0 Å². The smallest absolute Gasteiger partial charge is 0.313 e. The van der Waals surface area contributed by atoms with Gasteiger partial charge in [-0.3, -0.25) is 18.9 Å². The van der Waals surface area contributed by atoms with Crippen molar-refractivity contribution in [2.45, 2.75) is 32.9 Å². The van der Waals surface area contributed by atoms with Gasteiger partial charge in [-0.2, -0.15) is 0 Å². The van der Waals surface area contributed by atoms with Gasteiger partial charge in [0.25, 0.3) is 5.56 Å². The third-order valence-corrected chi connectivity index (χ3v) is 5.59. The Morgan fingerprint density at radius 2 is 1.89 bits per heavy atom. The van der Waals surface area contributed by atoms with E-state index in [1.165, 1.54) is 9.13 Å². The van der Waals surface area contributed by atoms with Crippen molar-refractivity contribution in [2.24, 2.45) is 7.05 Å². The molecule has 0 unspecified atom stereocenters. The molecule has 1 aromatic carbocycles. The fourth-order valence-electron chi connectivity index (χ4n) is 3.46. The highest BCUT2D eigenvalue weighted by Gasteiger charge is 2.19. The van der Waals surface area contributed by atoms with Gasteiger partial charge in [0, 0.05) is 25.2 Å². The summed E-state index contributed by atoms with van der Waals surface area (Å²) in [4.78, 5) is 35.0. The maximum atomic E-state index is 13.3. The van der Waals surface area contributed by atoms with Gasteiger partial charge in [-0.25, -0.2) is 9.78 Å². The summed E-state index contributed by atoms with van der Waals surface area (Å²) in [5.74, 6) is 0. The average Bonchev–Trinajstić information content (AvgIpc) is 3.04. The van der Waals surface area contributed by atoms with Gasteiger partial charge in [0.15, 0.2) is 15.9 Å². The topological polar surface area (TPSA) is 74.7 Å². The summed E-state index contributed by atoms with van der Waals surface area (Å²) in [6.07, 6.45) is 3.61. The van der Waals surface area contributed by atoms with Gasteiger partial charge in [-0.15, -0.1) is 0 Å². The van der Waals surface area contributed by atoms with Crippen LogP contribution in [0.5, 0.6) is 0 Å². The predicted octanol–water partition coefficient (Wildman–Crippen LogP) is 3.06. The SMILES string of the molecule is CCCCn1c(Br)nc2c1c(=O)n(Cc1nccc3ccccc13)c(=O)n2C. The fourth-order valence-corrected chi connectivity index (χ4v) is 3.99. The van der Waals surface area contributed by atoms with E-state index in [2.05, 4.69) is 32.8 Å². The van der Waals surface area contributed by atoms with Crippen molar-refractivity contribution < 1.29 is 0 Å². The van der Waals surface area contributed by atoms with Crippen LogP contribution in [0.1, 0.15) is 25.5 Å². The molecule has 0 aliphatic heterocycles. The normalized spacial score (nSPS) is 11.5. The summed E-state index contributed by atoms with van der Waals surface area (Å²) < 4.78 is 5.07. The number of hydrogen-bond acceptors (Lipinski definition) is 4. The molecule has 0 saturated carbocycles. The largest absolute Gasteiger partial charge is 0.332 e. The maximum absolute atomic E-state index is 13.3. The van der Waals surface area contributed by atoms with Crippen molar-refractivity contribution in [1.82, 2.24) is 23.7 Å². The Morgan fingerprint density at radius 1 is 1.11 bits per heavy atom. The number of aryl methyl sites for hydroxylation is 2. The first kappa shape index (κ1) is 18.6. The number of fused-ring (bicyclic) bond motifs is 2. The molecule has 3 aromatic heterocycles. The number of halogens is 1. The van der Waals surface area contributed by atoms with Gasteiger partial charge in [0.1, 0.15) is 0 Å². The lowest BCUT2D eigenvalue weighted by atomic mass is 10.1. The van der Waals surface area contributed by atoms with Crippen molar-refractivity contribution in [3.63, 3.8) is 0 Å². The standard InChI is InChI=1S/C20H20BrN5O2/c1-3-4-11-25-16-17(23-19(25)21)24(2)20(28)26(18(16)27)12-15-14-8-6-5-7-13(14)9-10-22-15/h5-10H,3-4,11-12H2,1-2H3. The van der Waals surface area contributed by atoms with Crippen LogP contribution in [0, 0.1) is 0 Å². The highest BCUT2D eigenvalue weighted by atomic mass is 79.9. The molecule has 7 nitrogen and oxygen atoms in total. The number of aromatic nitrogens is 5. The molecule has 0 radical (unpaired) electrons. The van der Waals surface area contributed by atoms with Gasteiger partial charge in [-0.1, -0.05) is 37.6 Å². The zero-order valence-electron chi connectivity index (χ0n) is 15.7. The molecule has 0 saturated heterocycles. The second-order valence-corrected chi connectivity index (χ2v) is 7.48. The summed E-state index contributed by atoms with van der Waals surface area (Å²) in [5.41, 5.74) is 0.764. The van der Waals surface area contributed by atoms with Crippen LogP contribution in [0.3, 0.4) is 0 Å². The van der Waals surface area contributed by atoms with Crippen LogP contribution >= 0.6 is 15.9 Å². The van der Waals surface area contributed by atoms with Crippen molar-refractivity contribution in [1.29, 1.82) is 0 Å². The van der Waals surface area contributed by atoms with E-state index in [9.17, 15) is 9.59 Å².